The fraction of sp³-hybridized carbons (Fsp3) is 0.242. The number of nitrogens with zero attached hydrogens (tertiary/aromatic N) is 5. The van der Waals surface area contributed by atoms with Crippen LogP contribution in [0.15, 0.2) is 89.7 Å². The molecule has 0 amide bonds. The van der Waals surface area contributed by atoms with Crippen molar-refractivity contribution < 1.29 is 5.11 Å². The van der Waals surface area contributed by atoms with Crippen LogP contribution in [0.2, 0.25) is 5.28 Å². The molecule has 6 rings (SSSR count). The number of hydrogen-bond acceptors (Lipinski definition) is 4. The predicted molar refractivity (Wildman–Crippen MR) is 162 cm³/mol. The van der Waals surface area contributed by atoms with Crippen LogP contribution in [0.3, 0.4) is 0 Å². The summed E-state index contributed by atoms with van der Waals surface area (Å²) in [5.74, 6) is -0.172. The zero-order valence-electron chi connectivity index (χ0n) is 23.0. The van der Waals surface area contributed by atoms with Crippen LogP contribution >= 0.6 is 11.6 Å². The van der Waals surface area contributed by atoms with E-state index in [1.807, 2.05) is 30.3 Å². The van der Waals surface area contributed by atoms with Gasteiger partial charge in [0.1, 0.15) is 5.69 Å². The summed E-state index contributed by atoms with van der Waals surface area (Å²) in [5, 5.41) is 14.5. The highest BCUT2D eigenvalue weighted by atomic mass is 35.5. The van der Waals surface area contributed by atoms with Crippen molar-refractivity contribution in [2.45, 2.75) is 52.2 Å². The molecule has 0 radical (unpaired) electrons. The van der Waals surface area contributed by atoms with Gasteiger partial charge in [-0.25, -0.2) is 9.78 Å². The minimum absolute atomic E-state index is 0.0155. The Bertz CT molecular complexity index is 1820. The van der Waals surface area contributed by atoms with E-state index in [4.69, 9.17) is 11.6 Å². The van der Waals surface area contributed by atoms with Crippen LogP contribution in [0.25, 0.3) is 44.8 Å². The van der Waals surface area contributed by atoms with Gasteiger partial charge in [-0.3, -0.25) is 4.57 Å². The topological polar surface area (TPSA) is 80.7 Å². The van der Waals surface area contributed by atoms with Crippen molar-refractivity contribution in [3.05, 3.63) is 101 Å². The van der Waals surface area contributed by atoms with Crippen molar-refractivity contribution in [2.75, 3.05) is 0 Å². The summed E-state index contributed by atoms with van der Waals surface area (Å²) < 4.78 is 5.17. The molecule has 0 N–H and O–H groups in total. The van der Waals surface area contributed by atoms with E-state index in [2.05, 4.69) is 76.1 Å². The summed E-state index contributed by atoms with van der Waals surface area (Å²) in [6, 6.07) is 29.2. The van der Waals surface area contributed by atoms with Gasteiger partial charge >= 0.3 is 5.69 Å². The van der Waals surface area contributed by atoms with Gasteiger partial charge in [0.2, 0.25) is 5.28 Å². The van der Waals surface area contributed by atoms with E-state index in [9.17, 15) is 9.90 Å². The summed E-state index contributed by atoms with van der Waals surface area (Å²) in [6.07, 6.45) is 3.38. The molecule has 41 heavy (non-hydrogen) atoms. The molecule has 0 saturated heterocycles. The molecular weight excluding hydrogens is 534 g/mol. The Hall–Kier alpha value is -4.36. The first-order chi connectivity index (χ1) is 20.1. The Morgan fingerprint density at radius 2 is 1.37 bits per heavy atom. The maximum Gasteiger partial charge on any atom is 0.329 e. The molecule has 1 aromatic heterocycles. The van der Waals surface area contributed by atoms with E-state index in [0.29, 0.717) is 19.5 Å². The number of rotatable bonds is 10. The van der Waals surface area contributed by atoms with Crippen LogP contribution in [0.4, 0.5) is 0 Å². The van der Waals surface area contributed by atoms with Gasteiger partial charge in [-0.05, 0) is 47.5 Å². The van der Waals surface area contributed by atoms with Crippen molar-refractivity contribution in [1.82, 2.24) is 23.7 Å². The molecule has 4 aromatic rings. The van der Waals surface area contributed by atoms with Crippen LogP contribution in [-0.2, 0) is 19.6 Å². The number of benzene rings is 3. The highest BCUT2D eigenvalue weighted by Crippen LogP contribution is 2.41. The zero-order chi connectivity index (χ0) is 28.3. The molecule has 0 saturated carbocycles. The Kier molecular flexibility index (Phi) is 7.61. The molecule has 3 heterocycles. The lowest BCUT2D eigenvalue weighted by Gasteiger charge is -2.23. The quantitative estimate of drug-likeness (QED) is 0.135. The van der Waals surface area contributed by atoms with Crippen molar-refractivity contribution in [2.24, 2.45) is 0 Å². The lowest BCUT2D eigenvalue weighted by atomic mass is 9.98. The molecule has 8 heteroatoms. The van der Waals surface area contributed by atoms with Gasteiger partial charge in [0.15, 0.2) is 5.82 Å². The lowest BCUT2D eigenvalue weighted by molar-refractivity contribution is -0.279. The normalized spacial score (nSPS) is 11.6. The molecular formula is C33H31ClN5O2-. The maximum absolute atomic E-state index is 13.5. The molecule has 208 valence electrons. The fourth-order valence-corrected chi connectivity index (χ4v) is 5.89. The summed E-state index contributed by atoms with van der Waals surface area (Å²) >= 11 is 6.07. The van der Waals surface area contributed by atoms with E-state index in [0.717, 1.165) is 47.0 Å². The van der Waals surface area contributed by atoms with Gasteiger partial charge in [-0.2, -0.15) is 4.98 Å². The maximum atomic E-state index is 13.5. The average Bonchev–Trinajstić information content (AvgIpc) is 3.55. The van der Waals surface area contributed by atoms with Crippen molar-refractivity contribution in [1.29, 1.82) is 0 Å². The highest BCUT2D eigenvalue weighted by molar-refractivity contribution is 6.28. The summed E-state index contributed by atoms with van der Waals surface area (Å²) in [7, 11) is 0. The number of aromatic nitrogens is 5. The molecule has 0 unspecified atom stereocenters. The number of aryl methyl sites for hydroxylation is 1. The third kappa shape index (κ3) is 5.02. The Labute approximate surface area is 243 Å². The highest BCUT2D eigenvalue weighted by Gasteiger charge is 2.22. The second-order valence-corrected chi connectivity index (χ2v) is 10.6. The number of unbranched alkanes of at least 4 members (excludes halogenated alkanes) is 2. The van der Waals surface area contributed by atoms with Crippen LogP contribution in [0.1, 0.15) is 32.6 Å². The monoisotopic (exact) mass is 564 g/mol. The number of fused-ring (bicyclic) bond motifs is 2. The minimum Gasteiger partial charge on any atom is -0.858 e. The minimum atomic E-state index is -0.443. The number of imidazole rings is 1. The van der Waals surface area contributed by atoms with E-state index in [1.165, 1.54) is 10.1 Å². The van der Waals surface area contributed by atoms with Gasteiger partial charge in [0, 0.05) is 36.1 Å². The molecule has 0 bridgehead atoms. The standard InChI is InChI=1S/C33H32ClN5O2/c1-2-3-12-20-38-30-28(35-32(34)36-30)31(40)39(33(38)41)22-13-21-37-26-19-11-10-18-25(26)27(23-14-6-4-7-15-23)29(37)24-16-8-5-9-17-24/h4-11,14-19,40H,2-3,12-13,20-22H2,1H3/p-1. The summed E-state index contributed by atoms with van der Waals surface area (Å²) in [5.41, 5.74) is 5.44. The third-order valence-electron chi connectivity index (χ3n) is 7.61. The fourth-order valence-electron chi connectivity index (χ4n) is 5.72. The SMILES string of the molecule is CCCCCn1c2nc(Cl)nc-2c([O-])n(CCCn2c(-c3ccccc3)c(-c3ccccc3)c3ccccc32)c1=O. The molecule has 0 aliphatic carbocycles. The summed E-state index contributed by atoms with van der Waals surface area (Å²) in [6.45, 7) is 3.45. The van der Waals surface area contributed by atoms with E-state index in [1.54, 1.807) is 4.57 Å². The largest absolute Gasteiger partial charge is 0.858 e. The average molecular weight is 565 g/mol. The zero-order valence-corrected chi connectivity index (χ0v) is 23.7. The van der Waals surface area contributed by atoms with Gasteiger partial charge in [-0.1, -0.05) is 98.6 Å². The van der Waals surface area contributed by atoms with Crippen molar-refractivity contribution in [3.8, 4) is 39.8 Å². The Balaban J connectivity index is 1.41. The second-order valence-electron chi connectivity index (χ2n) is 10.2. The van der Waals surface area contributed by atoms with Crippen molar-refractivity contribution >= 4 is 22.5 Å². The first-order valence-corrected chi connectivity index (χ1v) is 14.5. The first kappa shape index (κ1) is 26.8. The van der Waals surface area contributed by atoms with Crippen LogP contribution < -0.4 is 10.8 Å². The van der Waals surface area contributed by atoms with E-state index in [-0.39, 0.29) is 29.0 Å². The molecule has 0 spiro atoms. The van der Waals surface area contributed by atoms with E-state index >= 15 is 0 Å². The predicted octanol–water partition coefficient (Wildman–Crippen LogP) is 6.84. The molecule has 0 fully saturated rings. The summed E-state index contributed by atoms with van der Waals surface area (Å²) in [4.78, 5) is 21.9. The molecule has 2 aliphatic rings. The second kappa shape index (κ2) is 11.6. The van der Waals surface area contributed by atoms with Crippen LogP contribution in [0, 0.1) is 0 Å². The van der Waals surface area contributed by atoms with Crippen LogP contribution in [0.5, 0.6) is 5.88 Å². The molecule has 2 aliphatic heterocycles. The van der Waals surface area contributed by atoms with E-state index < -0.39 is 5.88 Å². The lowest BCUT2D eigenvalue weighted by Crippen LogP contribution is -2.35. The van der Waals surface area contributed by atoms with Gasteiger partial charge in [0.05, 0.1) is 5.69 Å². The Morgan fingerprint density at radius 1 is 0.732 bits per heavy atom. The van der Waals surface area contributed by atoms with Gasteiger partial charge in [-0.15, -0.1) is 0 Å². The number of hydrogen-bond donors (Lipinski definition) is 0. The molecule has 3 aromatic carbocycles. The van der Waals surface area contributed by atoms with Crippen LogP contribution in [-0.4, -0.2) is 23.7 Å². The number of para-hydroxylation sites is 1. The smallest absolute Gasteiger partial charge is 0.329 e. The Morgan fingerprint density at radius 3 is 2.10 bits per heavy atom. The first-order valence-electron chi connectivity index (χ1n) is 14.1. The van der Waals surface area contributed by atoms with Gasteiger partial charge in [0.25, 0.3) is 0 Å². The van der Waals surface area contributed by atoms with Crippen molar-refractivity contribution in [3.63, 3.8) is 0 Å². The number of halogens is 1. The van der Waals surface area contributed by atoms with Gasteiger partial charge < -0.3 is 14.2 Å². The molecule has 0 atom stereocenters. The third-order valence-corrected chi connectivity index (χ3v) is 7.78. The molecule has 7 nitrogen and oxygen atoms in total.